The van der Waals surface area contributed by atoms with Crippen LogP contribution in [-0.2, 0) is 10.0 Å². The van der Waals surface area contributed by atoms with Gasteiger partial charge in [0.25, 0.3) is 5.91 Å². The number of aryl methyl sites for hydroxylation is 1. The van der Waals surface area contributed by atoms with Gasteiger partial charge in [0.05, 0.1) is 0 Å². The number of carbonyl (C=O) groups is 1. The third kappa shape index (κ3) is 4.23. The molecule has 9 heteroatoms. The zero-order chi connectivity index (χ0) is 20.6. The lowest BCUT2D eigenvalue weighted by Gasteiger charge is -2.42. The molecule has 0 radical (unpaired) electrons. The van der Waals surface area contributed by atoms with Crippen molar-refractivity contribution in [3.63, 3.8) is 0 Å². The summed E-state index contributed by atoms with van der Waals surface area (Å²) in [5.74, 6) is 0.214. The van der Waals surface area contributed by atoms with Crippen LogP contribution in [0, 0.1) is 6.92 Å². The number of furan rings is 1. The molecule has 0 spiro atoms. The Balaban J connectivity index is 1.40. The summed E-state index contributed by atoms with van der Waals surface area (Å²) in [5.41, 5.74) is 0. The first-order valence-electron chi connectivity index (χ1n) is 10.7. The van der Waals surface area contributed by atoms with Gasteiger partial charge >= 0.3 is 0 Å². The van der Waals surface area contributed by atoms with Crippen LogP contribution in [0.25, 0.3) is 0 Å². The van der Waals surface area contributed by atoms with Crippen LogP contribution < -0.4 is 0 Å². The molecule has 0 aliphatic carbocycles. The van der Waals surface area contributed by atoms with E-state index in [1.807, 2.05) is 0 Å². The summed E-state index contributed by atoms with van der Waals surface area (Å²) >= 11 is 0. The molecule has 1 aromatic heterocycles. The van der Waals surface area contributed by atoms with Gasteiger partial charge in [-0.3, -0.25) is 9.69 Å². The van der Waals surface area contributed by atoms with Gasteiger partial charge in [0, 0.05) is 57.9 Å². The number of nitrogens with zero attached hydrogens (tertiary/aromatic N) is 4. The predicted molar refractivity (Wildman–Crippen MR) is 109 cm³/mol. The Labute approximate surface area is 173 Å². The Hall–Kier alpha value is -1.42. The molecule has 3 fully saturated rings. The standard InChI is InChI=1S/C20H32N4O4S/c1-16-19(29(26,27)24-8-3-4-9-24)14-18(28-16)20(25)23-12-10-22(11-13-23)17-6-5-7-21(2)15-17/h14,17H,3-13,15H2,1-2H3. The highest BCUT2D eigenvalue weighted by Gasteiger charge is 2.34. The maximum absolute atomic E-state index is 12.9. The monoisotopic (exact) mass is 424 g/mol. The SMILES string of the molecule is Cc1oc(C(=O)N2CCN(C3CCCN(C)C3)CC2)cc1S(=O)(=O)N1CCCC1. The smallest absolute Gasteiger partial charge is 0.289 e. The van der Waals surface area contributed by atoms with Crippen molar-refractivity contribution in [2.24, 2.45) is 0 Å². The first-order valence-corrected chi connectivity index (χ1v) is 12.1. The number of sulfonamides is 1. The van der Waals surface area contributed by atoms with Crippen LogP contribution in [0.1, 0.15) is 42.0 Å². The van der Waals surface area contributed by atoms with Crippen molar-refractivity contribution in [1.29, 1.82) is 0 Å². The van der Waals surface area contributed by atoms with Crippen LogP contribution in [0.15, 0.2) is 15.4 Å². The van der Waals surface area contributed by atoms with Crippen molar-refractivity contribution >= 4 is 15.9 Å². The van der Waals surface area contributed by atoms with Crippen LogP contribution in [0.4, 0.5) is 0 Å². The Bertz CT molecular complexity index is 839. The van der Waals surface area contributed by atoms with E-state index >= 15 is 0 Å². The van der Waals surface area contributed by atoms with E-state index in [1.165, 1.54) is 23.2 Å². The summed E-state index contributed by atoms with van der Waals surface area (Å²) in [6.45, 7) is 7.94. The van der Waals surface area contributed by atoms with Gasteiger partial charge in [0.15, 0.2) is 5.76 Å². The molecule has 8 nitrogen and oxygen atoms in total. The third-order valence-electron chi connectivity index (χ3n) is 6.48. The highest BCUT2D eigenvalue weighted by molar-refractivity contribution is 7.89. The Morgan fingerprint density at radius 1 is 1.03 bits per heavy atom. The maximum Gasteiger partial charge on any atom is 0.289 e. The average molecular weight is 425 g/mol. The molecule has 4 rings (SSSR count). The summed E-state index contributed by atoms with van der Waals surface area (Å²) < 4.78 is 32.8. The van der Waals surface area contributed by atoms with Gasteiger partial charge in [-0.1, -0.05) is 0 Å². The molecule has 0 bridgehead atoms. The minimum Gasteiger partial charge on any atom is -0.455 e. The van der Waals surface area contributed by atoms with Crippen molar-refractivity contribution in [3.05, 3.63) is 17.6 Å². The van der Waals surface area contributed by atoms with Crippen molar-refractivity contribution in [2.45, 2.75) is 43.5 Å². The van der Waals surface area contributed by atoms with Crippen molar-refractivity contribution in [3.8, 4) is 0 Å². The number of piperidine rings is 1. The van der Waals surface area contributed by atoms with E-state index in [4.69, 9.17) is 4.42 Å². The number of likely N-dealkylation sites (tertiary alicyclic amines) is 1. The zero-order valence-corrected chi connectivity index (χ0v) is 18.3. The van der Waals surface area contributed by atoms with E-state index < -0.39 is 10.0 Å². The largest absolute Gasteiger partial charge is 0.455 e. The van der Waals surface area contributed by atoms with E-state index in [0.717, 1.165) is 39.0 Å². The van der Waals surface area contributed by atoms with Gasteiger partial charge in [-0.05, 0) is 46.2 Å². The number of likely N-dealkylation sites (N-methyl/N-ethyl adjacent to an activating group) is 1. The fourth-order valence-electron chi connectivity index (χ4n) is 4.78. The second kappa shape index (κ2) is 8.37. The molecule has 0 N–H and O–H groups in total. The lowest BCUT2D eigenvalue weighted by molar-refractivity contribution is 0.0430. The van der Waals surface area contributed by atoms with Crippen LogP contribution in [0.3, 0.4) is 0 Å². The zero-order valence-electron chi connectivity index (χ0n) is 17.5. The normalized spacial score (nSPS) is 25.6. The molecule has 3 saturated heterocycles. The summed E-state index contributed by atoms with van der Waals surface area (Å²) in [6, 6.07) is 1.99. The van der Waals surface area contributed by atoms with Crippen LogP contribution >= 0.6 is 0 Å². The summed E-state index contributed by atoms with van der Waals surface area (Å²) in [6.07, 6.45) is 4.19. The van der Waals surface area contributed by atoms with E-state index in [1.54, 1.807) is 11.8 Å². The summed E-state index contributed by atoms with van der Waals surface area (Å²) in [5, 5.41) is 0. The van der Waals surface area contributed by atoms with Gasteiger partial charge in [0.1, 0.15) is 10.7 Å². The quantitative estimate of drug-likeness (QED) is 0.723. The van der Waals surface area contributed by atoms with Crippen LogP contribution in [0.2, 0.25) is 0 Å². The average Bonchev–Trinajstić information content (AvgIpc) is 3.38. The molecule has 1 aromatic rings. The fourth-order valence-corrected chi connectivity index (χ4v) is 6.46. The topological polar surface area (TPSA) is 77.3 Å². The molecule has 1 amide bonds. The number of carbonyl (C=O) groups excluding carboxylic acids is 1. The predicted octanol–water partition coefficient (Wildman–Crippen LogP) is 1.22. The number of hydrogen-bond acceptors (Lipinski definition) is 6. The molecule has 4 heterocycles. The Morgan fingerprint density at radius 3 is 2.38 bits per heavy atom. The number of piperazine rings is 1. The summed E-state index contributed by atoms with van der Waals surface area (Å²) in [4.78, 5) is 19.7. The number of amides is 1. The van der Waals surface area contributed by atoms with E-state index in [0.29, 0.717) is 38.0 Å². The van der Waals surface area contributed by atoms with Crippen LogP contribution in [0.5, 0.6) is 0 Å². The first kappa shape index (κ1) is 20.8. The number of rotatable bonds is 4. The molecule has 3 aliphatic rings. The minimum atomic E-state index is -3.59. The maximum atomic E-state index is 12.9. The first-order chi connectivity index (χ1) is 13.9. The lowest BCUT2D eigenvalue weighted by atomic mass is 10.0. The molecule has 162 valence electrons. The van der Waals surface area contributed by atoms with E-state index in [9.17, 15) is 13.2 Å². The highest BCUT2D eigenvalue weighted by atomic mass is 32.2. The van der Waals surface area contributed by atoms with Gasteiger partial charge in [-0.15, -0.1) is 0 Å². The number of hydrogen-bond donors (Lipinski definition) is 0. The molecular weight excluding hydrogens is 392 g/mol. The molecule has 3 aliphatic heterocycles. The van der Waals surface area contributed by atoms with Crippen molar-refractivity contribution < 1.29 is 17.6 Å². The van der Waals surface area contributed by atoms with E-state index in [2.05, 4.69) is 16.8 Å². The van der Waals surface area contributed by atoms with E-state index in [-0.39, 0.29) is 16.6 Å². The van der Waals surface area contributed by atoms with Gasteiger partial charge in [-0.2, -0.15) is 4.31 Å². The fraction of sp³-hybridized carbons (Fsp3) is 0.750. The third-order valence-corrected chi connectivity index (χ3v) is 8.49. The van der Waals surface area contributed by atoms with Gasteiger partial charge in [-0.25, -0.2) is 8.42 Å². The minimum absolute atomic E-state index is 0.131. The lowest BCUT2D eigenvalue weighted by Crippen LogP contribution is -2.55. The molecule has 1 atom stereocenters. The molecule has 29 heavy (non-hydrogen) atoms. The van der Waals surface area contributed by atoms with Crippen molar-refractivity contribution in [1.82, 2.24) is 19.0 Å². The molecule has 0 aromatic carbocycles. The summed E-state index contributed by atoms with van der Waals surface area (Å²) in [7, 11) is -1.42. The second-order valence-corrected chi connectivity index (χ2v) is 10.4. The van der Waals surface area contributed by atoms with Crippen LogP contribution in [-0.4, -0.2) is 98.8 Å². The second-order valence-electron chi connectivity index (χ2n) is 8.53. The molecule has 0 saturated carbocycles. The Kier molecular flexibility index (Phi) is 6.02. The molecule has 1 unspecified atom stereocenters. The Morgan fingerprint density at radius 2 is 1.72 bits per heavy atom. The molecular formula is C20H32N4O4S. The van der Waals surface area contributed by atoms with Gasteiger partial charge < -0.3 is 14.2 Å². The van der Waals surface area contributed by atoms with Crippen molar-refractivity contribution in [2.75, 3.05) is 59.4 Å². The van der Waals surface area contributed by atoms with Gasteiger partial charge in [0.2, 0.25) is 10.0 Å². The highest BCUT2D eigenvalue weighted by Crippen LogP contribution is 2.27.